The van der Waals surface area contributed by atoms with Gasteiger partial charge in [0.05, 0.1) is 11.3 Å². The van der Waals surface area contributed by atoms with E-state index in [1.807, 2.05) is 0 Å². The van der Waals surface area contributed by atoms with Crippen LogP contribution in [0.3, 0.4) is 0 Å². The third-order valence-electron chi connectivity index (χ3n) is 3.20. The molecular weight excluding hydrogens is 360 g/mol. The van der Waals surface area contributed by atoms with E-state index in [-0.39, 0.29) is 23.8 Å². The molecule has 1 amide bonds. The molecule has 1 aliphatic rings. The van der Waals surface area contributed by atoms with Gasteiger partial charge in [-0.15, -0.1) is 0 Å². The maximum atomic E-state index is 12.3. The number of amides is 1. The summed E-state index contributed by atoms with van der Waals surface area (Å²) in [6, 6.07) is 3.13. The van der Waals surface area contributed by atoms with Crippen molar-refractivity contribution in [2.24, 2.45) is 0 Å². The number of hydrogen-bond donors (Lipinski definition) is 3. The van der Waals surface area contributed by atoms with E-state index in [4.69, 9.17) is 5.11 Å². The van der Waals surface area contributed by atoms with Gasteiger partial charge in [0.1, 0.15) is 0 Å². The number of rotatable bonds is 7. The number of fused-ring (bicyclic) bond motifs is 1. The molecule has 0 saturated heterocycles. The Labute approximate surface area is 132 Å². The maximum Gasteiger partial charge on any atom is 0.241 e. The number of aliphatic hydroxyl groups is 1. The molecule has 1 heterocycles. The Morgan fingerprint density at radius 2 is 2.05 bits per heavy atom. The molecule has 0 aliphatic carbocycles. The molecule has 0 fully saturated rings. The topological polar surface area (TPSA) is 95.5 Å². The number of nitrogens with one attached hydrogen (secondary N) is 2. The van der Waals surface area contributed by atoms with Crippen LogP contribution >= 0.6 is 15.9 Å². The summed E-state index contributed by atoms with van der Waals surface area (Å²) in [5.74, 6) is -0.136. The Bertz CT molecular complexity index is 646. The van der Waals surface area contributed by atoms with Gasteiger partial charge in [0.2, 0.25) is 15.9 Å². The van der Waals surface area contributed by atoms with Crippen LogP contribution in [-0.2, 0) is 21.2 Å². The summed E-state index contributed by atoms with van der Waals surface area (Å²) in [4.78, 5) is 11.5. The molecule has 0 spiro atoms. The van der Waals surface area contributed by atoms with Gasteiger partial charge < -0.3 is 10.4 Å². The molecule has 116 valence electrons. The van der Waals surface area contributed by atoms with E-state index in [0.29, 0.717) is 35.1 Å². The van der Waals surface area contributed by atoms with E-state index < -0.39 is 10.0 Å². The first kappa shape index (κ1) is 16.4. The lowest BCUT2D eigenvalue weighted by atomic mass is 10.2. The van der Waals surface area contributed by atoms with Gasteiger partial charge in [-0.05, 0) is 52.9 Å². The first-order valence-electron chi connectivity index (χ1n) is 6.67. The number of carbonyl (C=O) groups excluding carboxylic acids is 1. The van der Waals surface area contributed by atoms with Gasteiger partial charge in [-0.1, -0.05) is 0 Å². The molecule has 1 aromatic carbocycles. The Hall–Kier alpha value is -0.960. The molecule has 0 unspecified atom stereocenters. The molecule has 0 atom stereocenters. The van der Waals surface area contributed by atoms with Gasteiger partial charge in [-0.3, -0.25) is 4.79 Å². The standard InChI is InChI=1S/C13H17BrN2O4S/c14-10-8-11-9(7-13(18)16-11)6-12(10)21(19,20)15-4-2-1-3-5-17/h6,8,15,17H,1-5,7H2,(H,16,18). The van der Waals surface area contributed by atoms with Crippen LogP contribution in [0.15, 0.2) is 21.5 Å². The molecule has 21 heavy (non-hydrogen) atoms. The molecule has 3 N–H and O–H groups in total. The number of aliphatic hydroxyl groups excluding tert-OH is 1. The second-order valence-corrected chi connectivity index (χ2v) is 7.44. The smallest absolute Gasteiger partial charge is 0.241 e. The summed E-state index contributed by atoms with van der Waals surface area (Å²) in [6.45, 7) is 0.438. The van der Waals surface area contributed by atoms with Crippen molar-refractivity contribution in [1.29, 1.82) is 0 Å². The maximum absolute atomic E-state index is 12.3. The monoisotopic (exact) mass is 376 g/mol. The molecule has 0 saturated carbocycles. The van der Waals surface area contributed by atoms with Crippen LogP contribution in [0.2, 0.25) is 0 Å². The number of benzene rings is 1. The second kappa shape index (κ2) is 6.87. The Morgan fingerprint density at radius 3 is 2.76 bits per heavy atom. The van der Waals surface area contributed by atoms with Crippen LogP contribution in [0.25, 0.3) is 0 Å². The van der Waals surface area contributed by atoms with E-state index in [9.17, 15) is 13.2 Å². The average molecular weight is 377 g/mol. The summed E-state index contributed by atoms with van der Waals surface area (Å²) >= 11 is 3.24. The van der Waals surface area contributed by atoms with Crippen molar-refractivity contribution in [3.63, 3.8) is 0 Å². The first-order valence-corrected chi connectivity index (χ1v) is 8.94. The van der Waals surface area contributed by atoms with Crippen LogP contribution in [0.4, 0.5) is 5.69 Å². The molecule has 1 aromatic rings. The lowest BCUT2D eigenvalue weighted by Gasteiger charge is -2.10. The van der Waals surface area contributed by atoms with Crippen LogP contribution in [0.5, 0.6) is 0 Å². The summed E-state index contributed by atoms with van der Waals surface area (Å²) in [5.41, 5.74) is 1.33. The SMILES string of the molecule is O=C1Cc2cc(S(=O)(=O)NCCCCCO)c(Br)cc2N1. The molecule has 8 heteroatoms. The largest absolute Gasteiger partial charge is 0.396 e. The van der Waals surface area contributed by atoms with Crippen molar-refractivity contribution in [2.75, 3.05) is 18.5 Å². The van der Waals surface area contributed by atoms with Gasteiger partial charge in [0.15, 0.2) is 0 Å². The minimum atomic E-state index is -3.62. The fraction of sp³-hybridized carbons (Fsp3) is 0.462. The Kier molecular flexibility index (Phi) is 5.37. The lowest BCUT2D eigenvalue weighted by Crippen LogP contribution is -2.25. The zero-order valence-electron chi connectivity index (χ0n) is 11.4. The van der Waals surface area contributed by atoms with E-state index >= 15 is 0 Å². The zero-order valence-corrected chi connectivity index (χ0v) is 13.8. The molecule has 6 nitrogen and oxygen atoms in total. The van der Waals surface area contributed by atoms with E-state index in [2.05, 4.69) is 26.0 Å². The summed E-state index contributed by atoms with van der Waals surface area (Å²) in [7, 11) is -3.62. The first-order chi connectivity index (χ1) is 9.94. The van der Waals surface area contributed by atoms with Crippen LogP contribution in [0, 0.1) is 0 Å². The fourth-order valence-corrected chi connectivity index (χ4v) is 4.29. The predicted octanol–water partition coefficient (Wildman–Crippen LogP) is 1.38. The summed E-state index contributed by atoms with van der Waals surface area (Å²) < 4.78 is 27.5. The fourth-order valence-electron chi connectivity index (χ4n) is 2.13. The third-order valence-corrected chi connectivity index (χ3v) is 5.62. The van der Waals surface area contributed by atoms with Gasteiger partial charge in [-0.2, -0.15) is 0 Å². The molecule has 0 radical (unpaired) electrons. The van der Waals surface area contributed by atoms with Crippen molar-refractivity contribution in [3.05, 3.63) is 22.2 Å². The number of carbonyl (C=O) groups is 1. The van der Waals surface area contributed by atoms with Crippen molar-refractivity contribution < 1.29 is 18.3 Å². The molecule has 1 aliphatic heterocycles. The number of unbranched alkanes of at least 4 members (excludes halogenated alkanes) is 2. The number of anilines is 1. The molecule has 2 rings (SSSR count). The Balaban J connectivity index is 2.10. The van der Waals surface area contributed by atoms with E-state index in [1.165, 1.54) is 6.07 Å². The van der Waals surface area contributed by atoms with Gasteiger partial charge in [-0.25, -0.2) is 13.1 Å². The highest BCUT2D eigenvalue weighted by Crippen LogP contribution is 2.32. The molecule has 0 bridgehead atoms. The Morgan fingerprint density at radius 1 is 1.29 bits per heavy atom. The summed E-state index contributed by atoms with van der Waals surface area (Å²) in [6.07, 6.45) is 2.30. The highest BCUT2D eigenvalue weighted by molar-refractivity contribution is 9.10. The minimum absolute atomic E-state index is 0.115. The normalized spacial score (nSPS) is 14.1. The van der Waals surface area contributed by atoms with Gasteiger partial charge in [0, 0.05) is 23.3 Å². The van der Waals surface area contributed by atoms with Crippen LogP contribution in [-0.4, -0.2) is 32.6 Å². The van der Waals surface area contributed by atoms with Crippen molar-refractivity contribution >= 4 is 37.5 Å². The van der Waals surface area contributed by atoms with Crippen molar-refractivity contribution in [3.8, 4) is 0 Å². The van der Waals surface area contributed by atoms with E-state index in [1.54, 1.807) is 6.07 Å². The highest BCUT2D eigenvalue weighted by atomic mass is 79.9. The third kappa shape index (κ3) is 4.03. The summed E-state index contributed by atoms with van der Waals surface area (Å²) in [5, 5.41) is 11.3. The van der Waals surface area contributed by atoms with Crippen LogP contribution in [0.1, 0.15) is 24.8 Å². The number of halogens is 1. The van der Waals surface area contributed by atoms with Crippen molar-refractivity contribution in [1.82, 2.24) is 4.72 Å². The predicted molar refractivity (Wildman–Crippen MR) is 82.6 cm³/mol. The highest BCUT2D eigenvalue weighted by Gasteiger charge is 2.24. The lowest BCUT2D eigenvalue weighted by molar-refractivity contribution is -0.115. The van der Waals surface area contributed by atoms with Gasteiger partial charge in [0.25, 0.3) is 0 Å². The number of hydrogen-bond acceptors (Lipinski definition) is 4. The second-order valence-electron chi connectivity index (χ2n) is 4.85. The van der Waals surface area contributed by atoms with Crippen LogP contribution < -0.4 is 10.0 Å². The molecular formula is C13H17BrN2O4S. The minimum Gasteiger partial charge on any atom is -0.396 e. The number of sulfonamides is 1. The van der Waals surface area contributed by atoms with Crippen molar-refractivity contribution in [2.45, 2.75) is 30.6 Å². The van der Waals surface area contributed by atoms with E-state index in [0.717, 1.165) is 6.42 Å². The average Bonchev–Trinajstić information content (AvgIpc) is 2.76. The zero-order chi connectivity index (χ0) is 15.5. The molecule has 0 aromatic heterocycles. The van der Waals surface area contributed by atoms with Gasteiger partial charge >= 0.3 is 0 Å². The quantitative estimate of drug-likeness (QED) is 0.626.